The highest BCUT2D eigenvalue weighted by molar-refractivity contribution is 5.26. The number of hydrogen-bond acceptors (Lipinski definition) is 1. The summed E-state index contributed by atoms with van der Waals surface area (Å²) < 4.78 is 7.69. The van der Waals surface area contributed by atoms with Crippen molar-refractivity contribution in [1.82, 2.24) is 0 Å². The Bertz CT molecular complexity index is 1180. The highest BCUT2D eigenvalue weighted by atomic mass is 16.5. The van der Waals surface area contributed by atoms with Gasteiger partial charge in [0.1, 0.15) is 0 Å². The molecule has 4 saturated carbocycles. The van der Waals surface area contributed by atoms with Gasteiger partial charge < -0.3 is 4.74 Å². The Morgan fingerprint density at radius 3 is 1.04 bits per heavy atom. The number of hydrogen-bond donors (Lipinski definition) is 0. The normalized spacial score (nSPS) is 30.2. The molecule has 0 saturated heterocycles. The van der Waals surface area contributed by atoms with Gasteiger partial charge in [0.15, 0.2) is 0 Å². The smallest absolute Gasteiger partial charge is 0.0861 e. The molecular weight excluding hydrogens is 665 g/mol. The molecular formula is C54H86O. The number of ether oxygens (including phenoxy) is 1. The molecule has 4 aliphatic rings. The van der Waals surface area contributed by atoms with Crippen molar-refractivity contribution in [3.63, 3.8) is 0 Å². The van der Waals surface area contributed by atoms with Crippen LogP contribution >= 0.6 is 0 Å². The van der Waals surface area contributed by atoms with Crippen LogP contribution in [0.5, 0.6) is 0 Å². The van der Waals surface area contributed by atoms with Crippen LogP contribution in [0.3, 0.4) is 0 Å². The molecule has 0 spiro atoms. The van der Waals surface area contributed by atoms with E-state index in [0.29, 0.717) is 11.8 Å². The van der Waals surface area contributed by atoms with Gasteiger partial charge in [0, 0.05) is 0 Å². The largest absolute Gasteiger partial charge is 0.365 e. The lowest BCUT2D eigenvalue weighted by Crippen LogP contribution is -2.31. The van der Waals surface area contributed by atoms with Gasteiger partial charge in [-0.05, 0) is 149 Å². The molecule has 0 bridgehead atoms. The van der Waals surface area contributed by atoms with Crippen LogP contribution in [0.25, 0.3) is 0 Å². The highest BCUT2D eigenvalue weighted by Crippen LogP contribution is 2.50. The fourth-order valence-electron chi connectivity index (χ4n) is 12.4. The molecule has 2 aromatic rings. The summed E-state index contributed by atoms with van der Waals surface area (Å²) >= 11 is 0. The third-order valence-corrected chi connectivity index (χ3v) is 16.1. The van der Waals surface area contributed by atoms with Gasteiger partial charge in [-0.15, -0.1) is 0 Å². The van der Waals surface area contributed by atoms with Crippen molar-refractivity contribution < 1.29 is 4.74 Å². The molecule has 0 aliphatic heterocycles. The van der Waals surface area contributed by atoms with E-state index in [2.05, 4.69) is 76.2 Å². The topological polar surface area (TPSA) is 9.23 Å². The first-order valence-corrected chi connectivity index (χ1v) is 24.8. The summed E-state index contributed by atoms with van der Waals surface area (Å²) in [6.07, 6.45) is 40.9. The molecule has 0 radical (unpaired) electrons. The summed E-state index contributed by atoms with van der Waals surface area (Å²) in [5, 5.41) is 0. The fourth-order valence-corrected chi connectivity index (χ4v) is 12.4. The minimum atomic E-state index is 0.200. The Morgan fingerprint density at radius 1 is 0.400 bits per heavy atom. The van der Waals surface area contributed by atoms with Crippen molar-refractivity contribution in [2.24, 2.45) is 47.3 Å². The van der Waals surface area contributed by atoms with Gasteiger partial charge in [-0.1, -0.05) is 176 Å². The van der Waals surface area contributed by atoms with E-state index < -0.39 is 0 Å². The second kappa shape index (κ2) is 23.1. The van der Waals surface area contributed by atoms with Crippen LogP contribution < -0.4 is 0 Å². The second-order valence-electron chi connectivity index (χ2n) is 20.1. The molecule has 4 aliphatic carbocycles. The molecule has 0 aromatic heterocycles. The van der Waals surface area contributed by atoms with E-state index >= 15 is 0 Å². The molecule has 308 valence electrons. The van der Waals surface area contributed by atoms with Gasteiger partial charge in [-0.2, -0.15) is 0 Å². The number of aryl methyl sites for hydroxylation is 2. The molecule has 4 fully saturated rings. The number of rotatable bonds is 20. The predicted molar refractivity (Wildman–Crippen MR) is 237 cm³/mol. The summed E-state index contributed by atoms with van der Waals surface area (Å²) in [5.41, 5.74) is 5.58. The average Bonchev–Trinajstić information content (AvgIpc) is 3.23. The van der Waals surface area contributed by atoms with E-state index in [1.807, 2.05) is 0 Å². The third kappa shape index (κ3) is 13.2. The van der Waals surface area contributed by atoms with Crippen molar-refractivity contribution in [1.29, 1.82) is 0 Å². The van der Waals surface area contributed by atoms with Gasteiger partial charge in [-0.25, -0.2) is 0 Å². The fraction of sp³-hybridized carbons (Fsp3) is 0.778. The first-order chi connectivity index (χ1) is 27.0. The first-order valence-electron chi connectivity index (χ1n) is 24.8. The molecule has 1 nitrogen and oxygen atoms in total. The van der Waals surface area contributed by atoms with E-state index in [1.54, 1.807) is 0 Å². The summed E-state index contributed by atoms with van der Waals surface area (Å²) in [5.74, 6) is 7.16. The van der Waals surface area contributed by atoms with Gasteiger partial charge in [-0.3, -0.25) is 0 Å². The molecule has 0 N–H and O–H groups in total. The SMILES string of the molecule is CCCCCCCC1CCC(C2CCC(C(OC(c3ccc(C)cc3)C3CCC(C4CCC(CCCCCCC)CC4)CC3)c3ccc(C)cc3)CC2)CC1. The molecule has 55 heavy (non-hydrogen) atoms. The summed E-state index contributed by atoms with van der Waals surface area (Å²) in [4.78, 5) is 0. The van der Waals surface area contributed by atoms with Gasteiger partial charge in [0.05, 0.1) is 12.2 Å². The Morgan fingerprint density at radius 2 is 0.709 bits per heavy atom. The molecule has 1 heteroatoms. The van der Waals surface area contributed by atoms with E-state index in [9.17, 15) is 0 Å². The number of benzene rings is 2. The molecule has 0 heterocycles. The van der Waals surface area contributed by atoms with Crippen LogP contribution in [0.4, 0.5) is 0 Å². The summed E-state index contributed by atoms with van der Waals surface area (Å²) in [6, 6.07) is 19.0. The minimum Gasteiger partial charge on any atom is -0.365 e. The quantitative estimate of drug-likeness (QED) is 0.122. The van der Waals surface area contributed by atoms with Gasteiger partial charge in [0.2, 0.25) is 0 Å². The van der Waals surface area contributed by atoms with E-state index in [4.69, 9.17) is 4.74 Å². The molecule has 6 rings (SSSR count). The van der Waals surface area contributed by atoms with Crippen LogP contribution in [-0.4, -0.2) is 0 Å². The Balaban J connectivity index is 1.05. The zero-order chi connectivity index (χ0) is 38.2. The summed E-state index contributed by atoms with van der Waals surface area (Å²) in [6.45, 7) is 9.14. The van der Waals surface area contributed by atoms with Crippen molar-refractivity contribution in [3.8, 4) is 0 Å². The Kier molecular flexibility index (Phi) is 18.1. The highest BCUT2D eigenvalue weighted by Gasteiger charge is 2.39. The second-order valence-corrected chi connectivity index (χ2v) is 20.1. The first kappa shape index (κ1) is 43.0. The molecule has 2 unspecified atom stereocenters. The zero-order valence-corrected chi connectivity index (χ0v) is 36.6. The van der Waals surface area contributed by atoms with Crippen LogP contribution in [0.15, 0.2) is 48.5 Å². The molecule has 0 amide bonds. The Labute approximate surface area is 341 Å². The maximum Gasteiger partial charge on any atom is 0.0861 e. The predicted octanol–water partition coefficient (Wildman–Crippen LogP) is 17.0. The van der Waals surface area contributed by atoms with E-state index in [1.165, 1.54) is 202 Å². The van der Waals surface area contributed by atoms with E-state index in [-0.39, 0.29) is 12.2 Å². The van der Waals surface area contributed by atoms with Gasteiger partial charge >= 0.3 is 0 Å². The van der Waals surface area contributed by atoms with Crippen LogP contribution in [0.2, 0.25) is 0 Å². The van der Waals surface area contributed by atoms with Gasteiger partial charge in [0.25, 0.3) is 0 Å². The minimum absolute atomic E-state index is 0.200. The summed E-state index contributed by atoms with van der Waals surface area (Å²) in [7, 11) is 0. The van der Waals surface area contributed by atoms with Crippen molar-refractivity contribution in [2.45, 2.75) is 220 Å². The standard InChI is InChI=1S/C54H86O/c1-5-7-9-11-13-15-43-21-29-45(30-22-43)47-33-37-51(38-34-47)53(49-25-17-41(3)18-26-49)55-54(50-27-19-42(4)20-28-50)52-39-35-48(36-40-52)46-31-23-44(24-32-46)16-14-12-10-8-6-2/h17-20,25-28,43-48,51-54H,5-16,21-24,29-40H2,1-4H3. The third-order valence-electron chi connectivity index (χ3n) is 16.1. The number of unbranched alkanes of at least 4 members (excludes halogenated alkanes) is 8. The van der Waals surface area contributed by atoms with Crippen molar-refractivity contribution >= 4 is 0 Å². The molecule has 2 atom stereocenters. The monoisotopic (exact) mass is 751 g/mol. The Hall–Kier alpha value is -1.60. The van der Waals surface area contributed by atoms with Crippen LogP contribution in [0, 0.1) is 61.2 Å². The van der Waals surface area contributed by atoms with Crippen LogP contribution in [0.1, 0.15) is 228 Å². The maximum absolute atomic E-state index is 7.69. The van der Waals surface area contributed by atoms with Crippen molar-refractivity contribution in [3.05, 3.63) is 70.8 Å². The average molecular weight is 751 g/mol. The lowest BCUT2D eigenvalue weighted by Gasteiger charge is -2.43. The van der Waals surface area contributed by atoms with E-state index in [0.717, 1.165) is 35.5 Å². The zero-order valence-electron chi connectivity index (χ0n) is 36.6. The lowest BCUT2D eigenvalue weighted by molar-refractivity contribution is -0.0934. The lowest BCUT2D eigenvalue weighted by atomic mass is 9.67. The molecule has 2 aromatic carbocycles. The van der Waals surface area contributed by atoms with Crippen LogP contribution in [-0.2, 0) is 4.74 Å². The maximum atomic E-state index is 7.69. The van der Waals surface area contributed by atoms with Crippen molar-refractivity contribution in [2.75, 3.05) is 0 Å².